The van der Waals surface area contributed by atoms with E-state index in [1.165, 1.54) is 4.90 Å². The lowest BCUT2D eigenvalue weighted by Gasteiger charge is -2.27. The van der Waals surface area contributed by atoms with E-state index in [1.807, 2.05) is 13.0 Å². The molecule has 2 aromatic rings. The molecule has 2 heterocycles. The molecule has 15 heteroatoms. The highest BCUT2D eigenvalue weighted by atomic mass is 16.4. The van der Waals surface area contributed by atoms with E-state index in [-0.39, 0.29) is 24.7 Å². The molecular formula is C23H31N9O6. The molecule has 0 aliphatic carbocycles. The minimum Gasteiger partial charge on any atom is -0.481 e. The minimum atomic E-state index is -1.33. The molecule has 204 valence electrons. The van der Waals surface area contributed by atoms with Crippen LogP contribution in [0.5, 0.6) is 0 Å². The zero-order valence-corrected chi connectivity index (χ0v) is 21.0. The van der Waals surface area contributed by atoms with Crippen LogP contribution in [0.1, 0.15) is 38.1 Å². The van der Waals surface area contributed by atoms with Gasteiger partial charge in [0.15, 0.2) is 5.82 Å². The van der Waals surface area contributed by atoms with E-state index in [1.54, 1.807) is 25.1 Å². The Morgan fingerprint density at radius 2 is 1.92 bits per heavy atom. The van der Waals surface area contributed by atoms with Gasteiger partial charge in [-0.25, -0.2) is 0 Å². The van der Waals surface area contributed by atoms with Crippen LogP contribution in [0.2, 0.25) is 0 Å². The number of hydrogen-bond donors (Lipinski definition) is 6. The maximum absolute atomic E-state index is 13.3. The van der Waals surface area contributed by atoms with E-state index in [4.69, 9.17) is 10.8 Å². The number of carbonyl (C=O) groups is 5. The number of H-pyrrole nitrogens is 1. The summed E-state index contributed by atoms with van der Waals surface area (Å²) >= 11 is 0. The van der Waals surface area contributed by atoms with Crippen LogP contribution in [0.4, 0.5) is 5.69 Å². The van der Waals surface area contributed by atoms with Gasteiger partial charge in [0.2, 0.25) is 23.6 Å². The van der Waals surface area contributed by atoms with Crippen molar-refractivity contribution in [1.82, 2.24) is 36.6 Å². The summed E-state index contributed by atoms with van der Waals surface area (Å²) in [5.74, 6) is -3.67. The van der Waals surface area contributed by atoms with Gasteiger partial charge in [-0.05, 0) is 17.5 Å². The summed E-state index contributed by atoms with van der Waals surface area (Å²) in [6.07, 6.45) is 0.202. The Kier molecular flexibility index (Phi) is 9.43. The van der Waals surface area contributed by atoms with Crippen LogP contribution in [0.3, 0.4) is 0 Å². The number of amides is 4. The summed E-state index contributed by atoms with van der Waals surface area (Å²) in [5.41, 5.74) is 6.97. The van der Waals surface area contributed by atoms with Crippen LogP contribution < -0.4 is 26.6 Å². The van der Waals surface area contributed by atoms with Crippen LogP contribution >= 0.6 is 0 Å². The number of hydrogen-bond acceptors (Lipinski definition) is 9. The number of fused-ring (bicyclic) bond motifs is 1. The molecule has 4 amide bonds. The lowest BCUT2D eigenvalue weighted by molar-refractivity contribution is -0.140. The molecule has 0 fully saturated rings. The third-order valence-corrected chi connectivity index (χ3v) is 6.30. The molecule has 0 saturated heterocycles. The van der Waals surface area contributed by atoms with E-state index in [2.05, 4.69) is 36.6 Å². The van der Waals surface area contributed by atoms with Gasteiger partial charge in [0.25, 0.3) is 0 Å². The molecule has 1 aromatic heterocycles. The number of aromatic amines is 1. The van der Waals surface area contributed by atoms with Crippen LogP contribution in [0.15, 0.2) is 24.3 Å². The standard InChI is InChI=1S/C23H31N9O6/c1-3-12(2)20(27-21(36)14(24)9-19(34)35)23(38)26-11-18(33)32-15-7-5-4-6-13(15)8-16(32)22(37)25-10-17-28-30-31-29-17/h4-7,12,14,16,20H,3,8-11,24H2,1-2H3,(H,25,37)(H,26,38)(H,27,36)(H,34,35)(H,28,29,30,31)/t12?,14?,16-,20?/m0/s1. The van der Waals surface area contributed by atoms with Gasteiger partial charge in [-0.3, -0.25) is 28.9 Å². The smallest absolute Gasteiger partial charge is 0.305 e. The molecule has 38 heavy (non-hydrogen) atoms. The van der Waals surface area contributed by atoms with E-state index in [0.29, 0.717) is 12.1 Å². The predicted octanol–water partition coefficient (Wildman–Crippen LogP) is -1.78. The van der Waals surface area contributed by atoms with Gasteiger partial charge in [-0.2, -0.15) is 5.21 Å². The third-order valence-electron chi connectivity index (χ3n) is 6.30. The van der Waals surface area contributed by atoms with Gasteiger partial charge in [-0.15, -0.1) is 10.2 Å². The number of para-hydroxylation sites is 1. The molecule has 0 bridgehead atoms. The quantitative estimate of drug-likeness (QED) is 0.181. The Morgan fingerprint density at radius 3 is 2.58 bits per heavy atom. The topological polar surface area (TPSA) is 225 Å². The number of nitrogens with two attached hydrogens (primary N) is 1. The van der Waals surface area contributed by atoms with Gasteiger partial charge >= 0.3 is 5.97 Å². The molecule has 3 unspecified atom stereocenters. The summed E-state index contributed by atoms with van der Waals surface area (Å²) in [6, 6.07) is 3.84. The SMILES string of the molecule is CCC(C)C(NC(=O)C(N)CC(=O)O)C(=O)NCC(=O)N1c2ccccc2C[C@H]1C(=O)NCc1nn[nH]n1. The Morgan fingerprint density at radius 1 is 1.18 bits per heavy atom. The fourth-order valence-electron chi connectivity index (χ4n) is 4.05. The highest BCUT2D eigenvalue weighted by Crippen LogP contribution is 2.32. The third kappa shape index (κ3) is 6.88. The van der Waals surface area contributed by atoms with E-state index in [0.717, 1.165) is 5.56 Å². The molecule has 3 rings (SSSR count). The monoisotopic (exact) mass is 529 g/mol. The van der Waals surface area contributed by atoms with E-state index >= 15 is 0 Å². The number of nitrogens with zero attached hydrogens (tertiary/aromatic N) is 4. The van der Waals surface area contributed by atoms with Crippen molar-refractivity contribution < 1.29 is 29.1 Å². The van der Waals surface area contributed by atoms with Crippen molar-refractivity contribution in [3.8, 4) is 0 Å². The molecular weight excluding hydrogens is 498 g/mol. The summed E-state index contributed by atoms with van der Waals surface area (Å²) in [6.45, 7) is 3.13. The molecule has 15 nitrogen and oxygen atoms in total. The van der Waals surface area contributed by atoms with Crippen LogP contribution in [0, 0.1) is 5.92 Å². The molecule has 1 aliphatic rings. The first-order valence-electron chi connectivity index (χ1n) is 12.1. The Bertz CT molecular complexity index is 1170. The van der Waals surface area contributed by atoms with Crippen LogP contribution in [0.25, 0.3) is 0 Å². The highest BCUT2D eigenvalue weighted by Gasteiger charge is 2.38. The summed E-state index contributed by atoms with van der Waals surface area (Å²) < 4.78 is 0. The van der Waals surface area contributed by atoms with Gasteiger partial charge in [0, 0.05) is 12.1 Å². The first-order chi connectivity index (χ1) is 18.1. The zero-order chi connectivity index (χ0) is 27.8. The number of aliphatic carboxylic acids is 1. The lowest BCUT2D eigenvalue weighted by atomic mass is 9.97. The summed E-state index contributed by atoms with van der Waals surface area (Å²) in [7, 11) is 0. The average molecular weight is 530 g/mol. The number of anilines is 1. The maximum Gasteiger partial charge on any atom is 0.305 e. The Labute approximate surface area is 217 Å². The number of nitrogens with one attached hydrogen (secondary N) is 4. The van der Waals surface area contributed by atoms with E-state index in [9.17, 15) is 24.0 Å². The Hall–Kier alpha value is -4.40. The second-order valence-corrected chi connectivity index (χ2v) is 8.95. The largest absolute Gasteiger partial charge is 0.481 e. The van der Waals surface area contributed by atoms with Crippen molar-refractivity contribution in [2.45, 2.75) is 57.8 Å². The number of carbonyl (C=O) groups excluding carboxylic acids is 4. The lowest BCUT2D eigenvalue weighted by Crippen LogP contribution is -2.56. The van der Waals surface area contributed by atoms with Crippen molar-refractivity contribution >= 4 is 35.3 Å². The molecule has 0 spiro atoms. The molecule has 7 N–H and O–H groups in total. The molecule has 4 atom stereocenters. The molecule has 1 aliphatic heterocycles. The number of rotatable bonds is 12. The van der Waals surface area contributed by atoms with Gasteiger partial charge in [-0.1, -0.05) is 43.7 Å². The average Bonchev–Trinajstić information content (AvgIpc) is 3.55. The maximum atomic E-state index is 13.3. The van der Waals surface area contributed by atoms with Gasteiger partial charge in [0.1, 0.15) is 12.1 Å². The second-order valence-electron chi connectivity index (χ2n) is 8.95. The second kappa shape index (κ2) is 12.7. The highest BCUT2D eigenvalue weighted by molar-refractivity contribution is 6.05. The van der Waals surface area contributed by atoms with Crippen molar-refractivity contribution in [2.75, 3.05) is 11.4 Å². The van der Waals surface area contributed by atoms with Gasteiger partial charge in [0.05, 0.1) is 25.6 Å². The summed E-state index contributed by atoms with van der Waals surface area (Å²) in [5, 5.41) is 29.9. The molecule has 1 aromatic carbocycles. The van der Waals surface area contributed by atoms with Crippen molar-refractivity contribution in [3.05, 3.63) is 35.7 Å². The fourth-order valence-corrected chi connectivity index (χ4v) is 4.05. The summed E-state index contributed by atoms with van der Waals surface area (Å²) in [4.78, 5) is 63.8. The number of benzene rings is 1. The fraction of sp³-hybridized carbons (Fsp3) is 0.478. The van der Waals surface area contributed by atoms with Gasteiger partial charge < -0.3 is 26.8 Å². The minimum absolute atomic E-state index is 0.0151. The molecule has 0 radical (unpaired) electrons. The number of aromatic nitrogens is 4. The normalized spacial score (nSPS) is 16.6. The van der Waals surface area contributed by atoms with Crippen LogP contribution in [-0.4, -0.2) is 80.0 Å². The zero-order valence-electron chi connectivity index (χ0n) is 21.0. The van der Waals surface area contributed by atoms with Crippen LogP contribution in [-0.2, 0) is 36.9 Å². The van der Waals surface area contributed by atoms with Crippen molar-refractivity contribution in [2.24, 2.45) is 11.7 Å². The first-order valence-corrected chi connectivity index (χ1v) is 12.1. The van der Waals surface area contributed by atoms with Crippen molar-refractivity contribution in [3.63, 3.8) is 0 Å². The number of carboxylic acid groups (broad SMARTS) is 1. The Balaban J connectivity index is 1.68. The number of carboxylic acids is 1. The van der Waals surface area contributed by atoms with E-state index < -0.39 is 60.7 Å². The first kappa shape index (κ1) is 28.2. The predicted molar refractivity (Wildman–Crippen MR) is 132 cm³/mol. The number of tetrazole rings is 1. The van der Waals surface area contributed by atoms with Crippen molar-refractivity contribution in [1.29, 1.82) is 0 Å². The molecule has 0 saturated carbocycles.